The summed E-state index contributed by atoms with van der Waals surface area (Å²) in [5, 5.41) is 11.8. The van der Waals surface area contributed by atoms with E-state index in [-0.39, 0.29) is 5.82 Å². The number of halogens is 2. The lowest BCUT2D eigenvalue weighted by Crippen LogP contribution is -2.33. The molecule has 1 aromatic carbocycles. The molecular formula is C17H21BrFN3. The molecule has 1 saturated carbocycles. The number of hydrogen-bond acceptors (Lipinski definition) is 2. The molecule has 3 nitrogen and oxygen atoms in total. The molecule has 22 heavy (non-hydrogen) atoms. The zero-order valence-electron chi connectivity index (χ0n) is 12.5. The maximum Gasteiger partial charge on any atom is 0.148 e. The molecule has 118 valence electrons. The Bertz CT molecular complexity index is 603. The summed E-state index contributed by atoms with van der Waals surface area (Å²) in [6.45, 7) is 0.936. The third kappa shape index (κ3) is 3.51. The van der Waals surface area contributed by atoms with Gasteiger partial charge in [0.2, 0.25) is 0 Å². The molecule has 1 aliphatic rings. The summed E-state index contributed by atoms with van der Waals surface area (Å²) in [6, 6.07) is 8.43. The number of benzene rings is 1. The summed E-state index contributed by atoms with van der Waals surface area (Å²) in [5.41, 5.74) is 2.18. The molecule has 0 amide bonds. The lowest BCUT2D eigenvalue weighted by atomic mass is 9.75. The van der Waals surface area contributed by atoms with E-state index in [0.717, 1.165) is 29.0 Å². The highest BCUT2D eigenvalue weighted by Gasteiger charge is 2.30. The second-order valence-electron chi connectivity index (χ2n) is 6.22. The smallest absolute Gasteiger partial charge is 0.148 e. The van der Waals surface area contributed by atoms with Gasteiger partial charge in [-0.1, -0.05) is 35.2 Å². The van der Waals surface area contributed by atoms with Crippen LogP contribution in [0.5, 0.6) is 0 Å². The first-order valence-electron chi connectivity index (χ1n) is 7.82. The minimum Gasteiger partial charge on any atom is -0.368 e. The molecular weight excluding hydrogens is 345 g/mol. The molecule has 0 radical (unpaired) electrons. The number of rotatable bonds is 5. The third-order valence-electron chi connectivity index (χ3n) is 4.58. The van der Waals surface area contributed by atoms with Crippen molar-refractivity contribution in [3.63, 3.8) is 0 Å². The van der Waals surface area contributed by atoms with Crippen molar-refractivity contribution in [2.24, 2.45) is 5.41 Å². The summed E-state index contributed by atoms with van der Waals surface area (Å²) in [4.78, 5) is 0. The molecule has 0 bridgehead atoms. The van der Waals surface area contributed by atoms with Crippen molar-refractivity contribution in [3.8, 4) is 11.3 Å². The normalized spacial score (nSPS) is 17.4. The lowest BCUT2D eigenvalue weighted by molar-refractivity contribution is 0.241. The van der Waals surface area contributed by atoms with Gasteiger partial charge in [0.25, 0.3) is 0 Å². The Hall–Kier alpha value is -1.36. The Morgan fingerprint density at radius 1 is 1.18 bits per heavy atom. The topological polar surface area (TPSA) is 40.7 Å². The Balaban J connectivity index is 1.65. The second-order valence-corrected chi connectivity index (χ2v) is 6.78. The van der Waals surface area contributed by atoms with Crippen LogP contribution < -0.4 is 5.32 Å². The molecule has 2 aromatic rings. The van der Waals surface area contributed by atoms with Gasteiger partial charge in [-0.2, -0.15) is 5.10 Å². The first kappa shape index (κ1) is 15.5. The van der Waals surface area contributed by atoms with E-state index in [0.29, 0.717) is 5.41 Å². The number of nitrogens with zero attached hydrogens (tertiary/aromatic N) is 1. The van der Waals surface area contributed by atoms with Crippen molar-refractivity contribution in [1.82, 2.24) is 10.2 Å². The third-order valence-corrected chi connectivity index (χ3v) is 5.76. The number of aromatic nitrogens is 2. The second kappa shape index (κ2) is 6.82. The van der Waals surface area contributed by atoms with Crippen molar-refractivity contribution >= 4 is 21.7 Å². The van der Waals surface area contributed by atoms with E-state index >= 15 is 0 Å². The SMILES string of the molecule is Fc1ccc(-c2cc(NCC3(CBr)CCCCC3)n[nH]2)cc1. The minimum atomic E-state index is -0.224. The highest BCUT2D eigenvalue weighted by atomic mass is 79.9. The van der Waals surface area contributed by atoms with Crippen LogP contribution >= 0.6 is 15.9 Å². The Morgan fingerprint density at radius 2 is 1.91 bits per heavy atom. The molecule has 0 aliphatic heterocycles. The average Bonchev–Trinajstić information content (AvgIpc) is 3.04. The first-order valence-corrected chi connectivity index (χ1v) is 8.94. The van der Waals surface area contributed by atoms with E-state index in [1.54, 1.807) is 12.1 Å². The lowest BCUT2D eigenvalue weighted by Gasteiger charge is -2.35. The summed E-state index contributed by atoms with van der Waals surface area (Å²) in [5.74, 6) is 0.628. The van der Waals surface area contributed by atoms with Crippen LogP contribution in [-0.4, -0.2) is 22.1 Å². The summed E-state index contributed by atoms with van der Waals surface area (Å²) >= 11 is 3.69. The van der Waals surface area contributed by atoms with E-state index in [4.69, 9.17) is 0 Å². The van der Waals surface area contributed by atoms with Crippen LogP contribution in [0.2, 0.25) is 0 Å². The number of nitrogens with one attached hydrogen (secondary N) is 2. The van der Waals surface area contributed by atoms with Crippen LogP contribution in [-0.2, 0) is 0 Å². The van der Waals surface area contributed by atoms with Crippen LogP contribution in [0.3, 0.4) is 0 Å². The zero-order chi connectivity index (χ0) is 15.4. The predicted molar refractivity (Wildman–Crippen MR) is 91.8 cm³/mol. The van der Waals surface area contributed by atoms with E-state index in [1.165, 1.54) is 44.2 Å². The summed E-state index contributed by atoms with van der Waals surface area (Å²) in [7, 11) is 0. The van der Waals surface area contributed by atoms with Crippen LogP contribution in [0.1, 0.15) is 32.1 Å². The quantitative estimate of drug-likeness (QED) is 0.734. The van der Waals surface area contributed by atoms with E-state index in [2.05, 4.69) is 31.4 Å². The van der Waals surface area contributed by atoms with Gasteiger partial charge in [0, 0.05) is 17.9 Å². The van der Waals surface area contributed by atoms with Gasteiger partial charge < -0.3 is 5.32 Å². The standard InChI is InChI=1S/C17H21BrFN3/c18-11-17(8-2-1-3-9-17)12-20-16-10-15(21-22-16)13-4-6-14(19)7-5-13/h4-7,10H,1-3,8-9,11-12H2,(H2,20,21,22). The van der Waals surface area contributed by atoms with Gasteiger partial charge in [-0.05, 0) is 48.1 Å². The van der Waals surface area contributed by atoms with Crippen molar-refractivity contribution in [1.29, 1.82) is 0 Å². The number of H-pyrrole nitrogens is 1. The van der Waals surface area contributed by atoms with Gasteiger partial charge in [0.1, 0.15) is 11.6 Å². The monoisotopic (exact) mass is 365 g/mol. The van der Waals surface area contributed by atoms with Gasteiger partial charge in [0.05, 0.1) is 5.69 Å². The fraction of sp³-hybridized carbons (Fsp3) is 0.471. The predicted octanol–water partition coefficient (Wildman–Crippen LogP) is 4.97. The van der Waals surface area contributed by atoms with E-state index < -0.39 is 0 Å². The van der Waals surface area contributed by atoms with Crippen molar-refractivity contribution in [2.75, 3.05) is 17.2 Å². The van der Waals surface area contributed by atoms with Gasteiger partial charge in [-0.3, -0.25) is 5.10 Å². The van der Waals surface area contributed by atoms with Crippen molar-refractivity contribution < 1.29 is 4.39 Å². The largest absolute Gasteiger partial charge is 0.368 e. The molecule has 0 unspecified atom stereocenters. The molecule has 0 atom stereocenters. The molecule has 0 saturated heterocycles. The maximum atomic E-state index is 13.0. The molecule has 3 rings (SSSR count). The Kier molecular flexibility index (Phi) is 4.81. The van der Waals surface area contributed by atoms with Crippen LogP contribution in [0.25, 0.3) is 11.3 Å². The fourth-order valence-electron chi connectivity index (χ4n) is 3.13. The molecule has 1 aliphatic carbocycles. The summed E-state index contributed by atoms with van der Waals surface area (Å²) < 4.78 is 13.0. The van der Waals surface area contributed by atoms with Crippen molar-refractivity contribution in [2.45, 2.75) is 32.1 Å². The number of aromatic amines is 1. The van der Waals surface area contributed by atoms with Gasteiger partial charge in [-0.15, -0.1) is 0 Å². The summed E-state index contributed by atoms with van der Waals surface area (Å²) in [6.07, 6.45) is 6.51. The molecule has 5 heteroatoms. The number of alkyl halides is 1. The highest BCUT2D eigenvalue weighted by molar-refractivity contribution is 9.09. The van der Waals surface area contributed by atoms with E-state index in [9.17, 15) is 4.39 Å². The molecule has 1 fully saturated rings. The first-order chi connectivity index (χ1) is 10.7. The molecule has 1 heterocycles. The van der Waals surface area contributed by atoms with Crippen LogP contribution in [0.4, 0.5) is 10.2 Å². The van der Waals surface area contributed by atoms with E-state index in [1.807, 2.05) is 6.07 Å². The number of anilines is 1. The maximum absolute atomic E-state index is 13.0. The molecule has 0 spiro atoms. The zero-order valence-corrected chi connectivity index (χ0v) is 14.1. The van der Waals surface area contributed by atoms with Crippen molar-refractivity contribution in [3.05, 3.63) is 36.1 Å². The van der Waals surface area contributed by atoms with Crippen LogP contribution in [0, 0.1) is 11.2 Å². The van der Waals surface area contributed by atoms with Crippen LogP contribution in [0.15, 0.2) is 30.3 Å². The minimum absolute atomic E-state index is 0.224. The number of hydrogen-bond donors (Lipinski definition) is 2. The fourth-order valence-corrected chi connectivity index (χ4v) is 3.89. The van der Waals surface area contributed by atoms with Gasteiger partial charge in [-0.25, -0.2) is 4.39 Å². The molecule has 1 aromatic heterocycles. The van der Waals surface area contributed by atoms with Gasteiger partial charge in [0.15, 0.2) is 0 Å². The Labute approximate surface area is 138 Å². The van der Waals surface area contributed by atoms with Gasteiger partial charge >= 0.3 is 0 Å². The Morgan fingerprint density at radius 3 is 2.59 bits per heavy atom. The average molecular weight is 366 g/mol. The molecule has 2 N–H and O–H groups in total. The highest BCUT2D eigenvalue weighted by Crippen LogP contribution is 2.38.